The van der Waals surface area contributed by atoms with E-state index in [1.807, 2.05) is 45.4 Å². The molecule has 5 aromatic rings. The lowest BCUT2D eigenvalue weighted by Gasteiger charge is -2.12. The second-order valence-electron chi connectivity index (χ2n) is 8.36. The van der Waals surface area contributed by atoms with Crippen molar-refractivity contribution in [3.8, 4) is 22.4 Å². The first-order valence-corrected chi connectivity index (χ1v) is 10.5. The fourth-order valence-electron chi connectivity index (χ4n) is 4.33. The van der Waals surface area contributed by atoms with Crippen molar-refractivity contribution < 1.29 is 0 Å². The first kappa shape index (κ1) is 19.9. The molecule has 0 spiro atoms. The number of benzene rings is 2. The van der Waals surface area contributed by atoms with Crippen molar-refractivity contribution in [3.63, 3.8) is 0 Å². The normalized spacial score (nSPS) is 11.4. The average Bonchev–Trinajstić information content (AvgIpc) is 3.02. The van der Waals surface area contributed by atoms with E-state index < -0.39 is 0 Å². The molecule has 5 nitrogen and oxygen atoms in total. The molecule has 0 fully saturated rings. The Morgan fingerprint density at radius 2 is 1.75 bits per heavy atom. The average molecular weight is 421 g/mol. The van der Waals surface area contributed by atoms with E-state index in [4.69, 9.17) is 4.98 Å². The second-order valence-corrected chi connectivity index (χ2v) is 8.36. The van der Waals surface area contributed by atoms with Crippen LogP contribution in [0.5, 0.6) is 0 Å². The van der Waals surface area contributed by atoms with Gasteiger partial charge in [0.1, 0.15) is 0 Å². The Morgan fingerprint density at radius 1 is 0.938 bits per heavy atom. The molecule has 2 aromatic carbocycles. The molecule has 158 valence electrons. The van der Waals surface area contributed by atoms with Gasteiger partial charge in [-0.2, -0.15) is 0 Å². The molecule has 0 bridgehead atoms. The minimum Gasteiger partial charge on any atom is -0.295 e. The van der Waals surface area contributed by atoms with Gasteiger partial charge < -0.3 is 0 Å². The number of allylic oxidation sites excluding steroid dienone is 1. The molecule has 5 heteroatoms. The summed E-state index contributed by atoms with van der Waals surface area (Å²) in [6.45, 7) is 8.11. The number of nitrogens with zero attached hydrogens (tertiary/aromatic N) is 4. The van der Waals surface area contributed by atoms with Gasteiger partial charge in [-0.3, -0.25) is 19.1 Å². The van der Waals surface area contributed by atoms with Crippen LogP contribution in [0.4, 0.5) is 0 Å². The van der Waals surface area contributed by atoms with Gasteiger partial charge >= 0.3 is 5.69 Å². The molecular formula is C27H24N4O. The van der Waals surface area contributed by atoms with Gasteiger partial charge in [0.2, 0.25) is 0 Å². The summed E-state index contributed by atoms with van der Waals surface area (Å²) in [5.74, 6) is 0. The Labute approximate surface area is 186 Å². The summed E-state index contributed by atoms with van der Waals surface area (Å²) in [5, 5.41) is 2.16. The van der Waals surface area contributed by atoms with E-state index in [0.717, 1.165) is 61.0 Å². The molecule has 0 N–H and O–H groups in total. The fraction of sp³-hybridized carbons (Fsp3) is 0.148. The Kier molecular flexibility index (Phi) is 4.55. The molecule has 0 unspecified atom stereocenters. The molecule has 0 atom stereocenters. The highest BCUT2D eigenvalue weighted by atomic mass is 16.1. The Bertz CT molecular complexity index is 1590. The zero-order chi connectivity index (χ0) is 22.6. The van der Waals surface area contributed by atoms with Crippen LogP contribution in [0.3, 0.4) is 0 Å². The van der Waals surface area contributed by atoms with Gasteiger partial charge in [-0.1, -0.05) is 24.8 Å². The van der Waals surface area contributed by atoms with Gasteiger partial charge in [-0.05, 0) is 66.3 Å². The molecule has 0 aliphatic rings. The number of pyridine rings is 2. The first-order valence-electron chi connectivity index (χ1n) is 10.5. The zero-order valence-electron chi connectivity index (χ0n) is 18.7. The number of fused-ring (bicyclic) bond motifs is 2. The van der Waals surface area contributed by atoms with Crippen LogP contribution in [0.15, 0.2) is 72.3 Å². The summed E-state index contributed by atoms with van der Waals surface area (Å²) in [6.07, 6.45) is 3.78. The largest absolute Gasteiger partial charge is 0.328 e. The lowest BCUT2D eigenvalue weighted by molar-refractivity contribution is 0.795. The van der Waals surface area contributed by atoms with Crippen molar-refractivity contribution in [1.82, 2.24) is 19.1 Å². The number of hydrogen-bond acceptors (Lipinski definition) is 3. The Hall–Kier alpha value is -3.99. The highest BCUT2D eigenvalue weighted by Gasteiger charge is 2.16. The van der Waals surface area contributed by atoms with Gasteiger partial charge in [0.05, 0.1) is 16.7 Å². The van der Waals surface area contributed by atoms with Crippen molar-refractivity contribution in [1.29, 1.82) is 0 Å². The quantitative estimate of drug-likeness (QED) is 0.387. The van der Waals surface area contributed by atoms with Crippen molar-refractivity contribution >= 4 is 27.4 Å². The van der Waals surface area contributed by atoms with Crippen LogP contribution in [0.25, 0.3) is 49.8 Å². The zero-order valence-corrected chi connectivity index (χ0v) is 18.7. The van der Waals surface area contributed by atoms with Crippen molar-refractivity contribution in [3.05, 3.63) is 89.2 Å². The summed E-state index contributed by atoms with van der Waals surface area (Å²) in [6, 6.07) is 16.6. The molecule has 0 aliphatic heterocycles. The predicted molar refractivity (Wildman–Crippen MR) is 132 cm³/mol. The Morgan fingerprint density at radius 3 is 2.47 bits per heavy atom. The lowest BCUT2D eigenvalue weighted by atomic mass is 9.95. The molecule has 3 aromatic heterocycles. The van der Waals surface area contributed by atoms with Gasteiger partial charge in [0.15, 0.2) is 0 Å². The van der Waals surface area contributed by atoms with Crippen molar-refractivity contribution in [2.45, 2.75) is 13.8 Å². The molecule has 0 saturated heterocycles. The van der Waals surface area contributed by atoms with E-state index in [-0.39, 0.29) is 5.69 Å². The summed E-state index contributed by atoms with van der Waals surface area (Å²) < 4.78 is 3.38. The minimum absolute atomic E-state index is 0.0458. The van der Waals surface area contributed by atoms with Crippen LogP contribution in [-0.2, 0) is 14.1 Å². The third-order valence-electron chi connectivity index (χ3n) is 6.10. The molecule has 5 rings (SSSR count). The molecule has 0 aliphatic carbocycles. The van der Waals surface area contributed by atoms with Crippen LogP contribution >= 0.6 is 0 Å². The summed E-state index contributed by atoms with van der Waals surface area (Å²) in [7, 11) is 3.61. The summed E-state index contributed by atoms with van der Waals surface area (Å²) in [5.41, 5.74) is 8.63. The second kappa shape index (κ2) is 7.31. The number of aryl methyl sites for hydroxylation is 3. The van der Waals surface area contributed by atoms with E-state index in [0.29, 0.717) is 0 Å². The van der Waals surface area contributed by atoms with E-state index in [2.05, 4.69) is 48.0 Å². The molecule has 0 saturated carbocycles. The minimum atomic E-state index is -0.0458. The number of aromatic nitrogens is 4. The standard InChI is InChI=1S/C27H24N4O/c1-16(2)22-11-20(13-25-26(22)31(5)27(32)30(25)4)21-8-6-7-18-12-24(29-15-23(18)21)19-10-9-17(3)28-14-19/h6-15H,1H2,2-5H3. The third kappa shape index (κ3) is 3.05. The third-order valence-corrected chi connectivity index (χ3v) is 6.10. The maximum atomic E-state index is 12.6. The van der Waals surface area contributed by atoms with Crippen LogP contribution in [0, 0.1) is 6.92 Å². The van der Waals surface area contributed by atoms with E-state index in [1.54, 1.807) is 16.2 Å². The molecule has 32 heavy (non-hydrogen) atoms. The van der Waals surface area contributed by atoms with Crippen LogP contribution in [0.1, 0.15) is 18.2 Å². The summed E-state index contributed by atoms with van der Waals surface area (Å²) in [4.78, 5) is 21.7. The lowest BCUT2D eigenvalue weighted by Crippen LogP contribution is -2.19. The molecule has 0 amide bonds. The van der Waals surface area contributed by atoms with Gasteiger partial charge in [0.25, 0.3) is 0 Å². The molecular weight excluding hydrogens is 396 g/mol. The predicted octanol–water partition coefficient (Wildman–Crippen LogP) is 5.50. The smallest absolute Gasteiger partial charge is 0.295 e. The Balaban J connectivity index is 1.74. The van der Waals surface area contributed by atoms with Crippen molar-refractivity contribution in [2.75, 3.05) is 0 Å². The first-order chi connectivity index (χ1) is 15.3. The van der Waals surface area contributed by atoms with Crippen molar-refractivity contribution in [2.24, 2.45) is 14.1 Å². The number of imidazole rings is 1. The summed E-state index contributed by atoms with van der Waals surface area (Å²) >= 11 is 0. The maximum absolute atomic E-state index is 12.6. The van der Waals surface area contributed by atoms with E-state index >= 15 is 0 Å². The molecule has 0 radical (unpaired) electrons. The van der Waals surface area contributed by atoms with Crippen LogP contribution in [-0.4, -0.2) is 19.1 Å². The SMILES string of the molecule is C=C(C)c1cc(-c2cccc3cc(-c4ccc(C)nc4)ncc23)cc2c1n(C)c(=O)n2C. The monoisotopic (exact) mass is 420 g/mol. The van der Waals surface area contributed by atoms with E-state index in [9.17, 15) is 4.79 Å². The highest BCUT2D eigenvalue weighted by Crippen LogP contribution is 2.35. The van der Waals surface area contributed by atoms with Gasteiger partial charge in [0, 0.05) is 48.7 Å². The van der Waals surface area contributed by atoms with E-state index in [1.165, 1.54) is 0 Å². The van der Waals surface area contributed by atoms with Crippen LogP contribution in [0.2, 0.25) is 0 Å². The van der Waals surface area contributed by atoms with Gasteiger partial charge in [-0.15, -0.1) is 0 Å². The fourth-order valence-corrected chi connectivity index (χ4v) is 4.33. The number of rotatable bonds is 3. The topological polar surface area (TPSA) is 52.7 Å². The molecule has 3 heterocycles. The van der Waals surface area contributed by atoms with Gasteiger partial charge in [-0.25, -0.2) is 4.79 Å². The highest BCUT2D eigenvalue weighted by molar-refractivity contribution is 6.01. The van der Waals surface area contributed by atoms with Crippen LogP contribution < -0.4 is 5.69 Å². The number of hydrogen-bond donors (Lipinski definition) is 0. The maximum Gasteiger partial charge on any atom is 0.328 e.